The lowest BCUT2D eigenvalue weighted by atomic mass is 10.0. The van der Waals surface area contributed by atoms with E-state index >= 15 is 0 Å². The molecule has 0 amide bonds. The van der Waals surface area contributed by atoms with Crippen LogP contribution in [-0.4, -0.2) is 31.6 Å². The minimum Gasteiger partial charge on any atom is -0.497 e. The lowest BCUT2D eigenvalue weighted by molar-refractivity contribution is 0.291. The second kappa shape index (κ2) is 5.51. The highest BCUT2D eigenvalue weighted by Gasteiger charge is 2.36. The summed E-state index contributed by atoms with van der Waals surface area (Å²) in [4.78, 5) is 2.55. The molecule has 2 aliphatic rings. The van der Waals surface area contributed by atoms with E-state index in [1.807, 2.05) is 12.1 Å². The molecule has 1 aromatic carbocycles. The summed E-state index contributed by atoms with van der Waals surface area (Å²) in [6, 6.07) is 8.24. The van der Waals surface area contributed by atoms with Gasteiger partial charge in [-0.25, -0.2) is 0 Å². The van der Waals surface area contributed by atoms with Crippen molar-refractivity contribution >= 4 is 0 Å². The number of likely N-dealkylation sites (tertiary alicyclic amines) is 1. The van der Waals surface area contributed by atoms with E-state index in [9.17, 15) is 0 Å². The molecule has 1 saturated heterocycles. The van der Waals surface area contributed by atoms with Crippen LogP contribution < -0.4 is 10.5 Å². The predicted molar refractivity (Wildman–Crippen MR) is 77.2 cm³/mol. The Hall–Kier alpha value is -1.06. The van der Waals surface area contributed by atoms with E-state index < -0.39 is 0 Å². The van der Waals surface area contributed by atoms with Crippen LogP contribution in [0.5, 0.6) is 5.75 Å². The largest absolute Gasteiger partial charge is 0.497 e. The van der Waals surface area contributed by atoms with Crippen LogP contribution >= 0.6 is 0 Å². The number of methoxy groups -OCH3 is 1. The molecule has 104 valence electrons. The van der Waals surface area contributed by atoms with Crippen molar-refractivity contribution in [3.05, 3.63) is 29.8 Å². The summed E-state index contributed by atoms with van der Waals surface area (Å²) in [5, 5.41) is 0. The molecular weight excluding hydrogens is 236 g/mol. The maximum absolute atomic E-state index is 6.35. The Bertz CT molecular complexity index is 423. The third-order valence-corrected chi connectivity index (χ3v) is 4.78. The summed E-state index contributed by atoms with van der Waals surface area (Å²) in [6.07, 6.45) is 4.29. The minimum atomic E-state index is 0.0916. The smallest absolute Gasteiger partial charge is 0.119 e. The molecule has 3 heteroatoms. The monoisotopic (exact) mass is 260 g/mol. The molecule has 0 aromatic heterocycles. The molecule has 3 atom stereocenters. The van der Waals surface area contributed by atoms with Crippen LogP contribution in [0, 0.1) is 11.8 Å². The van der Waals surface area contributed by atoms with Gasteiger partial charge < -0.3 is 15.4 Å². The molecule has 1 aromatic rings. The second-order valence-corrected chi connectivity index (χ2v) is 6.05. The van der Waals surface area contributed by atoms with E-state index in [0.29, 0.717) is 0 Å². The average molecular weight is 260 g/mol. The van der Waals surface area contributed by atoms with Crippen LogP contribution in [0.4, 0.5) is 0 Å². The fourth-order valence-electron chi connectivity index (χ4n) is 3.74. The number of nitrogens with two attached hydrogens (primary N) is 1. The Morgan fingerprint density at radius 2 is 2.05 bits per heavy atom. The Morgan fingerprint density at radius 3 is 2.74 bits per heavy atom. The zero-order chi connectivity index (χ0) is 13.2. The van der Waals surface area contributed by atoms with Gasteiger partial charge in [-0.1, -0.05) is 18.6 Å². The molecule has 1 heterocycles. The molecule has 2 fully saturated rings. The van der Waals surface area contributed by atoms with Gasteiger partial charge in [0.1, 0.15) is 5.75 Å². The van der Waals surface area contributed by atoms with Crippen molar-refractivity contribution in [2.75, 3.05) is 26.7 Å². The predicted octanol–water partition coefficient (Wildman–Crippen LogP) is 2.43. The Balaban J connectivity index is 1.60. The van der Waals surface area contributed by atoms with E-state index in [2.05, 4.69) is 17.0 Å². The molecule has 3 nitrogen and oxygen atoms in total. The first-order valence-electron chi connectivity index (χ1n) is 7.38. The van der Waals surface area contributed by atoms with Crippen LogP contribution in [0.2, 0.25) is 0 Å². The molecule has 3 unspecified atom stereocenters. The van der Waals surface area contributed by atoms with E-state index in [-0.39, 0.29) is 6.04 Å². The first-order chi connectivity index (χ1) is 9.26. The molecule has 19 heavy (non-hydrogen) atoms. The van der Waals surface area contributed by atoms with Gasteiger partial charge in [-0.2, -0.15) is 0 Å². The number of nitrogens with zero attached hydrogens (tertiary/aromatic N) is 1. The van der Waals surface area contributed by atoms with Gasteiger partial charge in [0.2, 0.25) is 0 Å². The van der Waals surface area contributed by atoms with Gasteiger partial charge in [0.15, 0.2) is 0 Å². The highest BCUT2D eigenvalue weighted by atomic mass is 16.5. The summed E-state index contributed by atoms with van der Waals surface area (Å²) in [5.74, 6) is 2.78. The summed E-state index contributed by atoms with van der Waals surface area (Å²) < 4.78 is 5.27. The van der Waals surface area contributed by atoms with Crippen molar-refractivity contribution in [3.8, 4) is 5.75 Å². The number of ether oxygens (including phenoxy) is 1. The fraction of sp³-hybridized carbons (Fsp3) is 0.625. The molecule has 1 aliphatic carbocycles. The summed E-state index contributed by atoms with van der Waals surface area (Å²) in [6.45, 7) is 3.48. The lowest BCUT2D eigenvalue weighted by Gasteiger charge is -2.22. The second-order valence-electron chi connectivity index (χ2n) is 6.05. The van der Waals surface area contributed by atoms with Gasteiger partial charge in [-0.3, -0.25) is 0 Å². The number of hydrogen-bond donors (Lipinski definition) is 1. The molecule has 2 N–H and O–H groups in total. The summed E-state index contributed by atoms with van der Waals surface area (Å²) >= 11 is 0. The third kappa shape index (κ3) is 2.77. The zero-order valence-corrected chi connectivity index (χ0v) is 11.7. The highest BCUT2D eigenvalue weighted by Crippen LogP contribution is 2.38. The van der Waals surface area contributed by atoms with Crippen LogP contribution in [0.3, 0.4) is 0 Å². The number of fused-ring (bicyclic) bond motifs is 1. The lowest BCUT2D eigenvalue weighted by Crippen LogP contribution is -2.31. The van der Waals surface area contributed by atoms with Crippen molar-refractivity contribution < 1.29 is 4.74 Å². The van der Waals surface area contributed by atoms with Crippen molar-refractivity contribution in [1.29, 1.82) is 0 Å². The van der Waals surface area contributed by atoms with Crippen LogP contribution in [0.1, 0.15) is 30.9 Å². The van der Waals surface area contributed by atoms with Crippen LogP contribution in [0.15, 0.2) is 24.3 Å². The topological polar surface area (TPSA) is 38.5 Å². The van der Waals surface area contributed by atoms with Gasteiger partial charge in [0, 0.05) is 25.7 Å². The van der Waals surface area contributed by atoms with E-state index in [0.717, 1.165) is 24.1 Å². The van der Waals surface area contributed by atoms with Crippen molar-refractivity contribution in [1.82, 2.24) is 4.90 Å². The standard InChI is InChI=1S/C16H24N2O/c1-19-15-7-3-4-12(8-15)16(17)11-18-9-13-5-2-6-14(13)10-18/h3-4,7-8,13-14,16H,2,5-6,9-11,17H2,1H3. The molecule has 1 saturated carbocycles. The van der Waals surface area contributed by atoms with Gasteiger partial charge in [0.25, 0.3) is 0 Å². The zero-order valence-electron chi connectivity index (χ0n) is 11.7. The van der Waals surface area contributed by atoms with E-state index in [1.54, 1.807) is 7.11 Å². The number of hydrogen-bond acceptors (Lipinski definition) is 3. The van der Waals surface area contributed by atoms with Crippen LogP contribution in [-0.2, 0) is 0 Å². The van der Waals surface area contributed by atoms with Gasteiger partial charge in [-0.05, 0) is 42.4 Å². The Labute approximate surface area is 115 Å². The fourth-order valence-corrected chi connectivity index (χ4v) is 3.74. The number of benzene rings is 1. The van der Waals surface area contributed by atoms with Crippen molar-refractivity contribution in [2.24, 2.45) is 17.6 Å². The van der Waals surface area contributed by atoms with Gasteiger partial charge in [0.05, 0.1) is 7.11 Å². The van der Waals surface area contributed by atoms with Gasteiger partial charge in [-0.15, -0.1) is 0 Å². The van der Waals surface area contributed by atoms with E-state index in [4.69, 9.17) is 10.5 Å². The maximum atomic E-state index is 6.35. The maximum Gasteiger partial charge on any atom is 0.119 e. The molecule has 0 spiro atoms. The summed E-state index contributed by atoms with van der Waals surface area (Å²) in [7, 11) is 1.70. The quantitative estimate of drug-likeness (QED) is 0.903. The Morgan fingerprint density at radius 1 is 1.32 bits per heavy atom. The van der Waals surface area contributed by atoms with Crippen LogP contribution in [0.25, 0.3) is 0 Å². The normalized spacial score (nSPS) is 28.3. The molecular formula is C16H24N2O. The van der Waals surface area contributed by atoms with Crippen molar-refractivity contribution in [3.63, 3.8) is 0 Å². The molecule has 0 radical (unpaired) electrons. The van der Waals surface area contributed by atoms with E-state index in [1.165, 1.54) is 37.9 Å². The molecule has 0 bridgehead atoms. The minimum absolute atomic E-state index is 0.0916. The molecule has 1 aliphatic heterocycles. The Kier molecular flexibility index (Phi) is 3.76. The third-order valence-electron chi connectivity index (χ3n) is 4.78. The first kappa shape index (κ1) is 12.9. The first-order valence-corrected chi connectivity index (χ1v) is 7.38. The SMILES string of the molecule is COc1cccc(C(N)CN2CC3CCCC3C2)c1. The van der Waals surface area contributed by atoms with Gasteiger partial charge >= 0.3 is 0 Å². The average Bonchev–Trinajstić information content (AvgIpc) is 2.99. The summed E-state index contributed by atoms with van der Waals surface area (Å²) in [5.41, 5.74) is 7.53. The molecule has 3 rings (SSSR count). The highest BCUT2D eigenvalue weighted by molar-refractivity contribution is 5.30. The number of rotatable bonds is 4. The van der Waals surface area contributed by atoms with Crippen molar-refractivity contribution in [2.45, 2.75) is 25.3 Å².